The number of rotatable bonds is 4. The van der Waals surface area contributed by atoms with Crippen molar-refractivity contribution in [1.29, 1.82) is 0 Å². The van der Waals surface area contributed by atoms with Gasteiger partial charge in [0, 0.05) is 13.1 Å². The quantitative estimate of drug-likeness (QED) is 0.562. The van der Waals surface area contributed by atoms with Crippen molar-refractivity contribution in [2.75, 3.05) is 0 Å². The molecule has 2 aromatic carbocycles. The van der Waals surface area contributed by atoms with Crippen LogP contribution in [0.25, 0.3) is 16.9 Å². The van der Waals surface area contributed by atoms with Gasteiger partial charge in [-0.15, -0.1) is 0 Å². The predicted octanol–water partition coefficient (Wildman–Crippen LogP) is 2.73. The van der Waals surface area contributed by atoms with E-state index in [4.69, 9.17) is 0 Å². The molecule has 4 rings (SSSR count). The first-order valence-electron chi connectivity index (χ1n) is 8.92. The second-order valence-electron chi connectivity index (χ2n) is 6.53. The highest BCUT2D eigenvalue weighted by atomic mass is 16.2. The third-order valence-corrected chi connectivity index (χ3v) is 4.70. The molecule has 4 aromatic rings. The Balaban J connectivity index is 2.00. The predicted molar refractivity (Wildman–Crippen MR) is 106 cm³/mol. The van der Waals surface area contributed by atoms with Crippen LogP contribution in [-0.4, -0.2) is 18.7 Å². The lowest BCUT2D eigenvalue weighted by atomic mass is 10.2. The Hall–Kier alpha value is -3.41. The molecule has 0 spiro atoms. The summed E-state index contributed by atoms with van der Waals surface area (Å²) in [4.78, 5) is 30.4. The third-order valence-electron chi connectivity index (χ3n) is 4.70. The van der Waals surface area contributed by atoms with E-state index >= 15 is 0 Å². The van der Waals surface area contributed by atoms with Gasteiger partial charge in [-0.2, -0.15) is 0 Å². The summed E-state index contributed by atoms with van der Waals surface area (Å²) in [7, 11) is 0. The molecule has 27 heavy (non-hydrogen) atoms. The van der Waals surface area contributed by atoms with E-state index in [2.05, 4.69) is 4.98 Å². The van der Waals surface area contributed by atoms with E-state index in [1.807, 2.05) is 66.1 Å². The van der Waals surface area contributed by atoms with Crippen LogP contribution in [0.3, 0.4) is 0 Å². The highest BCUT2D eigenvalue weighted by Crippen LogP contribution is 2.15. The summed E-state index contributed by atoms with van der Waals surface area (Å²) in [5, 5.41) is 0. The van der Waals surface area contributed by atoms with Crippen LogP contribution in [0.2, 0.25) is 0 Å². The standard InChI is InChI=1S/C21H20N4O2/c1-3-24-20(26)18-19(22-14-23(18)13-16-7-5-4-6-8-16)25(21(24)27)17-11-9-15(2)10-12-17/h4-12,14H,3,13H2,1-2H3. The third kappa shape index (κ3) is 2.89. The van der Waals surface area contributed by atoms with Crippen molar-refractivity contribution >= 4 is 11.2 Å². The van der Waals surface area contributed by atoms with Gasteiger partial charge >= 0.3 is 5.69 Å². The van der Waals surface area contributed by atoms with Crippen LogP contribution in [0.4, 0.5) is 0 Å². The van der Waals surface area contributed by atoms with E-state index in [1.165, 1.54) is 9.13 Å². The van der Waals surface area contributed by atoms with Gasteiger partial charge in [0.05, 0.1) is 12.0 Å². The van der Waals surface area contributed by atoms with Crippen molar-refractivity contribution in [2.45, 2.75) is 26.9 Å². The minimum absolute atomic E-state index is 0.302. The summed E-state index contributed by atoms with van der Waals surface area (Å²) in [6.45, 7) is 4.61. The lowest BCUT2D eigenvalue weighted by Crippen LogP contribution is -2.39. The summed E-state index contributed by atoms with van der Waals surface area (Å²) in [5.74, 6) is 0. The average molecular weight is 360 g/mol. The molecule has 0 saturated carbocycles. The molecule has 0 aliphatic carbocycles. The lowest BCUT2D eigenvalue weighted by Gasteiger charge is -2.12. The van der Waals surface area contributed by atoms with Crippen LogP contribution in [0.5, 0.6) is 0 Å². The molecule has 6 heteroatoms. The molecule has 0 atom stereocenters. The maximum atomic E-state index is 13.0. The zero-order chi connectivity index (χ0) is 19.0. The number of hydrogen-bond donors (Lipinski definition) is 0. The van der Waals surface area contributed by atoms with Crippen molar-refractivity contribution in [2.24, 2.45) is 0 Å². The number of benzene rings is 2. The van der Waals surface area contributed by atoms with Gasteiger partial charge in [0.2, 0.25) is 0 Å². The molecule has 2 aromatic heterocycles. The molecule has 136 valence electrons. The van der Waals surface area contributed by atoms with Crippen LogP contribution in [0.1, 0.15) is 18.1 Å². The maximum absolute atomic E-state index is 13.0. The smallest absolute Gasteiger partial charge is 0.320 e. The fourth-order valence-electron chi connectivity index (χ4n) is 3.29. The molecule has 2 heterocycles. The topological polar surface area (TPSA) is 61.8 Å². The zero-order valence-electron chi connectivity index (χ0n) is 15.3. The Morgan fingerprint density at radius 3 is 2.33 bits per heavy atom. The fraction of sp³-hybridized carbons (Fsp3) is 0.190. The van der Waals surface area contributed by atoms with Gasteiger partial charge < -0.3 is 4.57 Å². The molecule has 0 aliphatic heterocycles. The Labute approximate surface area is 156 Å². The van der Waals surface area contributed by atoms with Gasteiger partial charge in [-0.1, -0.05) is 48.0 Å². The Morgan fingerprint density at radius 1 is 0.963 bits per heavy atom. The summed E-state index contributed by atoms with van der Waals surface area (Å²) in [5.41, 5.74) is 2.99. The van der Waals surface area contributed by atoms with Gasteiger partial charge in [0.1, 0.15) is 0 Å². The monoisotopic (exact) mass is 360 g/mol. The van der Waals surface area contributed by atoms with E-state index in [9.17, 15) is 9.59 Å². The average Bonchev–Trinajstić information content (AvgIpc) is 3.08. The summed E-state index contributed by atoms with van der Waals surface area (Å²) in [6.07, 6.45) is 1.63. The molecule has 0 aliphatic rings. The second kappa shape index (κ2) is 6.72. The molecule has 6 nitrogen and oxygen atoms in total. The molecular formula is C21H20N4O2. The number of nitrogens with zero attached hydrogens (tertiary/aromatic N) is 4. The van der Waals surface area contributed by atoms with E-state index in [0.717, 1.165) is 11.1 Å². The van der Waals surface area contributed by atoms with Gasteiger partial charge in [0.15, 0.2) is 11.2 Å². The SMILES string of the molecule is CCn1c(=O)c2c(ncn2Cc2ccccc2)n(-c2ccc(C)cc2)c1=O. The first kappa shape index (κ1) is 17.0. The van der Waals surface area contributed by atoms with Crippen LogP contribution < -0.4 is 11.2 Å². The van der Waals surface area contributed by atoms with Crippen molar-refractivity contribution in [3.05, 3.63) is 92.9 Å². The van der Waals surface area contributed by atoms with Crippen molar-refractivity contribution in [3.63, 3.8) is 0 Å². The molecule has 0 amide bonds. The number of aromatic nitrogens is 4. The number of aryl methyl sites for hydroxylation is 1. The number of imidazole rings is 1. The van der Waals surface area contributed by atoms with Crippen molar-refractivity contribution < 1.29 is 0 Å². The van der Waals surface area contributed by atoms with Crippen LogP contribution in [-0.2, 0) is 13.1 Å². The maximum Gasteiger partial charge on any atom is 0.337 e. The van der Waals surface area contributed by atoms with E-state index < -0.39 is 0 Å². The molecule has 0 radical (unpaired) electrons. The number of fused-ring (bicyclic) bond motifs is 1. The van der Waals surface area contributed by atoms with Crippen molar-refractivity contribution in [1.82, 2.24) is 18.7 Å². The summed E-state index contributed by atoms with van der Waals surface area (Å²) < 4.78 is 4.58. The molecule has 0 N–H and O–H groups in total. The molecule has 0 bridgehead atoms. The fourth-order valence-corrected chi connectivity index (χ4v) is 3.29. The highest BCUT2D eigenvalue weighted by Gasteiger charge is 2.18. The molecule has 0 unspecified atom stereocenters. The molecular weight excluding hydrogens is 340 g/mol. The van der Waals surface area contributed by atoms with Gasteiger partial charge in [-0.05, 0) is 31.5 Å². The zero-order valence-corrected chi connectivity index (χ0v) is 15.3. The largest absolute Gasteiger partial charge is 0.337 e. The van der Waals surface area contributed by atoms with E-state index in [1.54, 1.807) is 13.3 Å². The van der Waals surface area contributed by atoms with E-state index in [0.29, 0.717) is 29.9 Å². The van der Waals surface area contributed by atoms with Crippen molar-refractivity contribution in [3.8, 4) is 5.69 Å². The van der Waals surface area contributed by atoms with Crippen LogP contribution >= 0.6 is 0 Å². The second-order valence-corrected chi connectivity index (χ2v) is 6.53. The van der Waals surface area contributed by atoms with Crippen LogP contribution in [0.15, 0.2) is 70.5 Å². The molecule has 0 saturated heterocycles. The van der Waals surface area contributed by atoms with Crippen LogP contribution in [0, 0.1) is 6.92 Å². The minimum Gasteiger partial charge on any atom is -0.320 e. The first-order valence-corrected chi connectivity index (χ1v) is 8.92. The van der Waals surface area contributed by atoms with E-state index in [-0.39, 0.29) is 11.2 Å². The normalized spacial score (nSPS) is 11.2. The highest BCUT2D eigenvalue weighted by molar-refractivity contribution is 5.72. The first-order chi connectivity index (χ1) is 13.1. The Bertz CT molecular complexity index is 1220. The minimum atomic E-state index is -0.371. The van der Waals surface area contributed by atoms with Gasteiger partial charge in [-0.25, -0.2) is 14.3 Å². The summed E-state index contributed by atoms with van der Waals surface area (Å²) >= 11 is 0. The Morgan fingerprint density at radius 2 is 1.67 bits per heavy atom. The Kier molecular flexibility index (Phi) is 4.24. The summed E-state index contributed by atoms with van der Waals surface area (Å²) in [6, 6.07) is 17.5. The van der Waals surface area contributed by atoms with Gasteiger partial charge in [-0.3, -0.25) is 9.36 Å². The number of hydrogen-bond acceptors (Lipinski definition) is 3. The lowest BCUT2D eigenvalue weighted by molar-refractivity contribution is 0.655. The van der Waals surface area contributed by atoms with Gasteiger partial charge in [0.25, 0.3) is 5.56 Å². The molecule has 0 fully saturated rings.